The van der Waals surface area contributed by atoms with Crippen LogP contribution in [0.25, 0.3) is 0 Å². The summed E-state index contributed by atoms with van der Waals surface area (Å²) in [5.74, 6) is 0.0535. The summed E-state index contributed by atoms with van der Waals surface area (Å²) in [5, 5.41) is 8.93. The number of carboxylic acids is 1. The fraction of sp³-hybridized carbons (Fsp3) is 0.778. The topological polar surface area (TPSA) is 63.6 Å². The number of carboxylic acid groups (broad SMARTS) is 1. The fourth-order valence-electron chi connectivity index (χ4n) is 1.62. The summed E-state index contributed by atoms with van der Waals surface area (Å²) in [7, 11) is 1.33. The Bertz CT molecular complexity index is 229. The van der Waals surface area contributed by atoms with Gasteiger partial charge in [0.25, 0.3) is 0 Å². The Balaban J connectivity index is 2.54. The molecule has 1 N–H and O–H groups in total. The van der Waals surface area contributed by atoms with Crippen molar-refractivity contribution in [1.82, 2.24) is 0 Å². The van der Waals surface area contributed by atoms with E-state index >= 15 is 0 Å². The van der Waals surface area contributed by atoms with Crippen LogP contribution in [0.3, 0.4) is 0 Å². The third-order valence-corrected chi connectivity index (χ3v) is 3.64. The summed E-state index contributed by atoms with van der Waals surface area (Å²) in [6.07, 6.45) is 0.877. The normalized spacial score (nSPS) is 26.9. The molecule has 0 amide bonds. The number of esters is 1. The highest BCUT2D eigenvalue weighted by Gasteiger charge is 2.32. The Morgan fingerprint density at radius 1 is 1.57 bits per heavy atom. The molecule has 1 rings (SSSR count). The van der Waals surface area contributed by atoms with Gasteiger partial charge in [-0.05, 0) is 23.8 Å². The molecular formula is C9H14O4S. The SMILES string of the molecule is COC(=O)C[C@H]1CSCC[C@H]1C(=O)O. The average molecular weight is 218 g/mol. The van der Waals surface area contributed by atoms with Crippen LogP contribution in [-0.2, 0) is 14.3 Å². The number of hydrogen-bond donors (Lipinski definition) is 1. The minimum Gasteiger partial charge on any atom is -0.481 e. The summed E-state index contributed by atoms with van der Waals surface area (Å²) in [6, 6.07) is 0. The van der Waals surface area contributed by atoms with Crippen LogP contribution in [-0.4, -0.2) is 35.7 Å². The lowest BCUT2D eigenvalue weighted by molar-refractivity contribution is -0.146. The van der Waals surface area contributed by atoms with Crippen molar-refractivity contribution >= 4 is 23.7 Å². The maximum atomic E-state index is 11.0. The molecule has 2 atom stereocenters. The monoisotopic (exact) mass is 218 g/mol. The Hall–Kier alpha value is -0.710. The first-order valence-corrected chi connectivity index (χ1v) is 5.68. The van der Waals surface area contributed by atoms with Crippen LogP contribution in [0.15, 0.2) is 0 Å². The van der Waals surface area contributed by atoms with E-state index in [2.05, 4.69) is 4.74 Å². The van der Waals surface area contributed by atoms with Crippen LogP contribution in [0.2, 0.25) is 0 Å². The number of hydrogen-bond acceptors (Lipinski definition) is 4. The van der Waals surface area contributed by atoms with Gasteiger partial charge in [-0.15, -0.1) is 0 Å². The lowest BCUT2D eigenvalue weighted by Crippen LogP contribution is -2.31. The third kappa shape index (κ3) is 2.90. The van der Waals surface area contributed by atoms with Gasteiger partial charge in [0.15, 0.2) is 0 Å². The fourth-order valence-corrected chi connectivity index (χ4v) is 2.86. The Labute approximate surface area is 87.0 Å². The molecule has 5 heteroatoms. The van der Waals surface area contributed by atoms with Gasteiger partial charge in [-0.1, -0.05) is 0 Å². The van der Waals surface area contributed by atoms with Crippen LogP contribution in [0.4, 0.5) is 0 Å². The zero-order valence-electron chi connectivity index (χ0n) is 8.06. The van der Waals surface area contributed by atoms with Gasteiger partial charge < -0.3 is 9.84 Å². The van der Waals surface area contributed by atoms with Gasteiger partial charge in [0.1, 0.15) is 0 Å². The third-order valence-electron chi connectivity index (χ3n) is 2.45. The number of ether oxygens (including phenoxy) is 1. The molecule has 0 aromatic heterocycles. The summed E-state index contributed by atoms with van der Waals surface area (Å²) in [4.78, 5) is 21.9. The summed E-state index contributed by atoms with van der Waals surface area (Å²) in [5.41, 5.74) is 0. The highest BCUT2D eigenvalue weighted by atomic mass is 32.2. The van der Waals surface area contributed by atoms with Gasteiger partial charge in [0.2, 0.25) is 0 Å². The van der Waals surface area contributed by atoms with E-state index in [1.807, 2.05) is 0 Å². The molecule has 80 valence electrons. The lowest BCUT2D eigenvalue weighted by Gasteiger charge is -2.27. The maximum Gasteiger partial charge on any atom is 0.306 e. The van der Waals surface area contributed by atoms with E-state index in [4.69, 9.17) is 5.11 Å². The molecule has 1 aliphatic rings. The van der Waals surface area contributed by atoms with Crippen molar-refractivity contribution in [2.24, 2.45) is 11.8 Å². The van der Waals surface area contributed by atoms with Gasteiger partial charge in [-0.2, -0.15) is 11.8 Å². The minimum absolute atomic E-state index is 0.0706. The second-order valence-corrected chi connectivity index (χ2v) is 4.50. The van der Waals surface area contributed by atoms with Gasteiger partial charge in [-0.3, -0.25) is 9.59 Å². The molecule has 4 nitrogen and oxygen atoms in total. The summed E-state index contributed by atoms with van der Waals surface area (Å²) < 4.78 is 4.54. The first-order chi connectivity index (χ1) is 6.65. The standard InChI is InChI=1S/C9H14O4S/c1-13-8(10)4-6-5-14-3-2-7(6)9(11)12/h6-7H,2-5H2,1H3,(H,11,12)/t6-,7+/m0/s1. The molecule has 0 unspecified atom stereocenters. The van der Waals surface area contributed by atoms with Gasteiger partial charge >= 0.3 is 11.9 Å². The number of carbonyl (C=O) groups is 2. The molecule has 1 saturated heterocycles. The quantitative estimate of drug-likeness (QED) is 0.716. The van der Waals surface area contributed by atoms with Crippen LogP contribution in [0.5, 0.6) is 0 Å². The largest absolute Gasteiger partial charge is 0.481 e. The number of thioether (sulfide) groups is 1. The lowest BCUT2D eigenvalue weighted by atomic mass is 9.88. The van der Waals surface area contributed by atoms with Crippen molar-refractivity contribution in [1.29, 1.82) is 0 Å². The zero-order chi connectivity index (χ0) is 10.6. The van der Waals surface area contributed by atoms with Gasteiger partial charge in [0, 0.05) is 6.42 Å². The summed E-state index contributed by atoms with van der Waals surface area (Å²) in [6.45, 7) is 0. The average Bonchev–Trinajstić information content (AvgIpc) is 2.18. The maximum absolute atomic E-state index is 11.0. The second-order valence-electron chi connectivity index (χ2n) is 3.35. The molecule has 0 spiro atoms. The van der Waals surface area contributed by atoms with Crippen molar-refractivity contribution in [3.05, 3.63) is 0 Å². The first-order valence-electron chi connectivity index (χ1n) is 4.52. The van der Waals surface area contributed by atoms with Crippen LogP contribution < -0.4 is 0 Å². The van der Waals surface area contributed by atoms with E-state index in [1.54, 1.807) is 11.8 Å². The van der Waals surface area contributed by atoms with Crippen LogP contribution in [0, 0.1) is 11.8 Å². The Morgan fingerprint density at radius 2 is 2.29 bits per heavy atom. The zero-order valence-corrected chi connectivity index (χ0v) is 8.88. The van der Waals surface area contributed by atoms with Gasteiger partial charge in [-0.25, -0.2) is 0 Å². The molecule has 0 bridgehead atoms. The molecular weight excluding hydrogens is 204 g/mol. The molecule has 1 fully saturated rings. The smallest absolute Gasteiger partial charge is 0.306 e. The predicted octanol–water partition coefficient (Wildman–Crippen LogP) is 1.00. The molecule has 0 aromatic carbocycles. The van der Waals surface area contributed by atoms with E-state index in [0.29, 0.717) is 6.42 Å². The molecule has 0 aromatic rings. The van der Waals surface area contributed by atoms with Crippen molar-refractivity contribution in [3.8, 4) is 0 Å². The summed E-state index contributed by atoms with van der Waals surface area (Å²) >= 11 is 1.71. The minimum atomic E-state index is -0.792. The second kappa shape index (κ2) is 5.24. The predicted molar refractivity (Wildman–Crippen MR) is 53.2 cm³/mol. The number of carbonyl (C=O) groups excluding carboxylic acids is 1. The van der Waals surface area contributed by atoms with E-state index < -0.39 is 5.97 Å². The molecule has 0 radical (unpaired) electrons. The number of rotatable bonds is 3. The highest BCUT2D eigenvalue weighted by Crippen LogP contribution is 2.31. The van der Waals surface area contributed by atoms with E-state index in [9.17, 15) is 9.59 Å². The van der Waals surface area contributed by atoms with Crippen molar-refractivity contribution in [3.63, 3.8) is 0 Å². The first kappa shape index (κ1) is 11.4. The molecule has 0 aliphatic carbocycles. The van der Waals surface area contributed by atoms with E-state index in [-0.39, 0.29) is 24.2 Å². The van der Waals surface area contributed by atoms with Crippen molar-refractivity contribution in [2.45, 2.75) is 12.8 Å². The van der Waals surface area contributed by atoms with Crippen molar-refractivity contribution < 1.29 is 19.4 Å². The van der Waals surface area contributed by atoms with Gasteiger partial charge in [0.05, 0.1) is 13.0 Å². The highest BCUT2D eigenvalue weighted by molar-refractivity contribution is 7.99. The number of methoxy groups -OCH3 is 1. The van der Waals surface area contributed by atoms with E-state index in [0.717, 1.165) is 11.5 Å². The molecule has 1 aliphatic heterocycles. The molecule has 14 heavy (non-hydrogen) atoms. The van der Waals surface area contributed by atoms with Crippen LogP contribution >= 0.6 is 11.8 Å². The van der Waals surface area contributed by atoms with Crippen molar-refractivity contribution in [2.75, 3.05) is 18.6 Å². The Kier molecular flexibility index (Phi) is 4.25. The number of aliphatic carboxylic acids is 1. The Morgan fingerprint density at radius 3 is 2.86 bits per heavy atom. The molecule has 0 saturated carbocycles. The molecule has 1 heterocycles. The van der Waals surface area contributed by atoms with Crippen LogP contribution in [0.1, 0.15) is 12.8 Å². The van der Waals surface area contributed by atoms with E-state index in [1.165, 1.54) is 7.11 Å².